The summed E-state index contributed by atoms with van der Waals surface area (Å²) in [4.78, 5) is 30.1. The third-order valence-corrected chi connectivity index (χ3v) is 6.50. The molecule has 9 heteroatoms. The maximum atomic E-state index is 13.1. The first kappa shape index (κ1) is 26.3. The summed E-state index contributed by atoms with van der Waals surface area (Å²) >= 11 is 1.13. The molecule has 0 aliphatic heterocycles. The number of fused-ring (bicyclic) bond motifs is 1. The molecule has 194 valence electrons. The standard InChI is InChI=1S/C28H31N3O5S/c1-4-7-15-36-23-13-10-20(17-24(23)34-6-3)18-25-27(33)31-28(37-25)29-26(32)22(30-31)16-19-8-11-21(12-9-19)35-14-5-2/h8-13,17-18H,4-7,14-16H2,1-3H3/b25-18-. The number of unbranched alkanes of at least 4 members (excludes halogenated alkanes) is 1. The van der Waals surface area contributed by atoms with Crippen molar-refractivity contribution >= 4 is 22.4 Å². The molecular formula is C28H31N3O5S. The van der Waals surface area contributed by atoms with Gasteiger partial charge in [-0.1, -0.05) is 49.8 Å². The van der Waals surface area contributed by atoms with E-state index in [1.807, 2.05) is 56.3 Å². The maximum absolute atomic E-state index is 13.1. The Morgan fingerprint density at radius 2 is 1.73 bits per heavy atom. The number of benzene rings is 2. The number of aromatic nitrogens is 3. The van der Waals surface area contributed by atoms with E-state index in [1.165, 1.54) is 4.52 Å². The van der Waals surface area contributed by atoms with E-state index in [9.17, 15) is 9.59 Å². The van der Waals surface area contributed by atoms with E-state index >= 15 is 0 Å². The highest BCUT2D eigenvalue weighted by atomic mass is 32.1. The zero-order chi connectivity index (χ0) is 26.2. The Morgan fingerprint density at radius 1 is 0.919 bits per heavy atom. The van der Waals surface area contributed by atoms with Gasteiger partial charge in [-0.25, -0.2) is 0 Å². The van der Waals surface area contributed by atoms with Crippen molar-refractivity contribution in [2.75, 3.05) is 19.8 Å². The molecule has 0 saturated carbocycles. The molecule has 0 fully saturated rings. The smallest absolute Gasteiger partial charge is 0.296 e. The molecule has 8 nitrogen and oxygen atoms in total. The van der Waals surface area contributed by atoms with Crippen molar-refractivity contribution in [3.63, 3.8) is 0 Å². The lowest BCUT2D eigenvalue weighted by Gasteiger charge is -2.12. The average molecular weight is 522 g/mol. The van der Waals surface area contributed by atoms with Gasteiger partial charge in [0.2, 0.25) is 4.96 Å². The Bertz CT molecular complexity index is 1510. The highest BCUT2D eigenvalue weighted by Gasteiger charge is 2.13. The Labute approximate surface area is 219 Å². The van der Waals surface area contributed by atoms with E-state index in [1.54, 1.807) is 6.08 Å². The Balaban J connectivity index is 1.62. The van der Waals surface area contributed by atoms with Crippen LogP contribution in [0.15, 0.2) is 52.1 Å². The van der Waals surface area contributed by atoms with Crippen LogP contribution < -0.4 is 29.9 Å². The van der Waals surface area contributed by atoms with Crippen molar-refractivity contribution in [3.05, 3.63) is 84.5 Å². The van der Waals surface area contributed by atoms with Crippen molar-refractivity contribution < 1.29 is 14.2 Å². The minimum Gasteiger partial charge on any atom is -0.494 e. The van der Waals surface area contributed by atoms with Gasteiger partial charge in [0.15, 0.2) is 11.5 Å². The van der Waals surface area contributed by atoms with Crippen LogP contribution in [0.1, 0.15) is 56.9 Å². The molecule has 0 amide bonds. The molecular weight excluding hydrogens is 490 g/mol. The van der Waals surface area contributed by atoms with Crippen molar-refractivity contribution in [2.24, 2.45) is 0 Å². The van der Waals surface area contributed by atoms with Gasteiger partial charge in [-0.3, -0.25) is 9.59 Å². The summed E-state index contributed by atoms with van der Waals surface area (Å²) in [5.41, 5.74) is 1.12. The lowest BCUT2D eigenvalue weighted by atomic mass is 10.1. The topological polar surface area (TPSA) is 92.0 Å². The quantitative estimate of drug-likeness (QED) is 0.260. The van der Waals surface area contributed by atoms with Crippen LogP contribution in [-0.2, 0) is 6.42 Å². The number of hydrogen-bond acceptors (Lipinski definition) is 8. The van der Waals surface area contributed by atoms with Gasteiger partial charge in [0.25, 0.3) is 11.1 Å². The monoisotopic (exact) mass is 521 g/mol. The predicted octanol–water partition coefficient (Wildman–Crippen LogP) is 4.02. The molecule has 2 aromatic heterocycles. The molecule has 0 bridgehead atoms. The van der Waals surface area contributed by atoms with Crippen LogP contribution in [0.25, 0.3) is 11.0 Å². The van der Waals surface area contributed by atoms with Gasteiger partial charge in [-0.2, -0.15) is 14.6 Å². The summed E-state index contributed by atoms with van der Waals surface area (Å²) in [5.74, 6) is 2.08. The Kier molecular flexibility index (Phi) is 8.90. The van der Waals surface area contributed by atoms with Crippen molar-refractivity contribution in [1.29, 1.82) is 0 Å². The van der Waals surface area contributed by atoms with Gasteiger partial charge < -0.3 is 14.2 Å². The van der Waals surface area contributed by atoms with E-state index in [4.69, 9.17) is 14.2 Å². The van der Waals surface area contributed by atoms with Crippen LogP contribution in [0, 0.1) is 0 Å². The largest absolute Gasteiger partial charge is 0.494 e. The Hall–Kier alpha value is -3.72. The molecule has 0 aliphatic carbocycles. The number of hydrogen-bond donors (Lipinski definition) is 0. The molecule has 4 aromatic rings. The summed E-state index contributed by atoms with van der Waals surface area (Å²) in [6.45, 7) is 7.83. The minimum absolute atomic E-state index is 0.216. The van der Waals surface area contributed by atoms with Crippen LogP contribution in [0.2, 0.25) is 0 Å². The van der Waals surface area contributed by atoms with Crippen LogP contribution in [-0.4, -0.2) is 34.4 Å². The summed E-state index contributed by atoms with van der Waals surface area (Å²) in [5, 5.41) is 4.35. The summed E-state index contributed by atoms with van der Waals surface area (Å²) in [7, 11) is 0. The van der Waals surface area contributed by atoms with Crippen LogP contribution in [0.5, 0.6) is 17.2 Å². The molecule has 0 unspecified atom stereocenters. The van der Waals surface area contributed by atoms with Crippen LogP contribution in [0.3, 0.4) is 0 Å². The molecule has 37 heavy (non-hydrogen) atoms. The molecule has 0 atom stereocenters. The molecule has 0 N–H and O–H groups in total. The normalized spacial score (nSPS) is 11.7. The van der Waals surface area contributed by atoms with E-state index in [-0.39, 0.29) is 22.6 Å². The second-order valence-corrected chi connectivity index (χ2v) is 9.49. The van der Waals surface area contributed by atoms with E-state index < -0.39 is 5.56 Å². The number of rotatable bonds is 12. The van der Waals surface area contributed by atoms with E-state index in [0.717, 1.165) is 47.5 Å². The first-order valence-electron chi connectivity index (χ1n) is 12.6. The summed E-state index contributed by atoms with van der Waals surface area (Å²) in [6, 6.07) is 13.1. The van der Waals surface area contributed by atoms with Crippen LogP contribution in [0.4, 0.5) is 0 Å². The molecule has 4 rings (SSSR count). The average Bonchev–Trinajstić information content (AvgIpc) is 3.19. The molecule has 0 saturated heterocycles. The second kappa shape index (κ2) is 12.5. The Morgan fingerprint density at radius 3 is 2.46 bits per heavy atom. The summed E-state index contributed by atoms with van der Waals surface area (Å²) < 4.78 is 18.8. The van der Waals surface area contributed by atoms with Gasteiger partial charge >= 0.3 is 0 Å². The lowest BCUT2D eigenvalue weighted by Crippen LogP contribution is -2.28. The zero-order valence-corrected chi connectivity index (χ0v) is 22.2. The van der Waals surface area contributed by atoms with E-state index in [2.05, 4.69) is 17.0 Å². The van der Waals surface area contributed by atoms with Crippen molar-refractivity contribution in [1.82, 2.24) is 14.6 Å². The fourth-order valence-electron chi connectivity index (χ4n) is 3.65. The minimum atomic E-state index is -0.439. The van der Waals surface area contributed by atoms with Crippen molar-refractivity contribution in [3.8, 4) is 17.2 Å². The number of ether oxygens (including phenoxy) is 3. The molecule has 0 spiro atoms. The van der Waals surface area contributed by atoms with Crippen LogP contribution >= 0.6 is 11.3 Å². The van der Waals surface area contributed by atoms with Gasteiger partial charge in [-0.15, -0.1) is 0 Å². The fourth-order valence-corrected chi connectivity index (χ4v) is 4.55. The van der Waals surface area contributed by atoms with Crippen molar-refractivity contribution in [2.45, 2.75) is 46.5 Å². The third kappa shape index (κ3) is 6.54. The number of thiazole rings is 1. The highest BCUT2D eigenvalue weighted by molar-refractivity contribution is 7.15. The first-order valence-corrected chi connectivity index (χ1v) is 13.4. The summed E-state index contributed by atoms with van der Waals surface area (Å²) in [6.07, 6.45) is 4.95. The SMILES string of the molecule is CCCCOc1ccc(/C=c2\sc3nc(=O)c(Cc4ccc(OCCC)cc4)nn3c2=O)cc1OCC. The maximum Gasteiger partial charge on any atom is 0.296 e. The zero-order valence-electron chi connectivity index (χ0n) is 21.4. The number of nitrogens with zero attached hydrogens (tertiary/aromatic N) is 3. The molecule has 2 heterocycles. The first-order chi connectivity index (χ1) is 18.0. The molecule has 0 aliphatic rings. The van der Waals surface area contributed by atoms with Gasteiger partial charge in [0, 0.05) is 6.42 Å². The van der Waals surface area contributed by atoms with E-state index in [0.29, 0.717) is 35.9 Å². The molecule has 2 aromatic carbocycles. The van der Waals surface area contributed by atoms with Gasteiger partial charge in [-0.05, 0) is 61.2 Å². The lowest BCUT2D eigenvalue weighted by molar-refractivity contribution is 0.272. The highest BCUT2D eigenvalue weighted by Crippen LogP contribution is 2.29. The second-order valence-electron chi connectivity index (χ2n) is 8.48. The third-order valence-electron chi connectivity index (χ3n) is 5.54. The molecule has 0 radical (unpaired) electrons. The van der Waals surface area contributed by atoms with Gasteiger partial charge in [0.05, 0.1) is 24.4 Å². The predicted molar refractivity (Wildman–Crippen MR) is 145 cm³/mol. The fraction of sp³-hybridized carbons (Fsp3) is 0.357. The van der Waals surface area contributed by atoms with Gasteiger partial charge in [0.1, 0.15) is 11.4 Å².